The van der Waals surface area contributed by atoms with E-state index in [0.29, 0.717) is 5.92 Å². The number of carbonyl (C=O) groups excluding carboxylic acids is 1. The molecule has 3 aliphatic heterocycles. The Hall–Kier alpha value is -2.73. The van der Waals surface area contributed by atoms with Gasteiger partial charge in [-0.25, -0.2) is 4.79 Å². The molecule has 6 heteroatoms. The zero-order valence-corrected chi connectivity index (χ0v) is 21.4. The van der Waals surface area contributed by atoms with Crippen LogP contribution in [0.4, 0.5) is 4.79 Å². The van der Waals surface area contributed by atoms with Gasteiger partial charge < -0.3 is 19.5 Å². The third kappa shape index (κ3) is 4.37. The van der Waals surface area contributed by atoms with E-state index >= 15 is 0 Å². The van der Waals surface area contributed by atoms with E-state index in [9.17, 15) is 4.79 Å². The number of carbonyl (C=O) groups is 1. The summed E-state index contributed by atoms with van der Waals surface area (Å²) < 4.78 is 16.9. The highest BCUT2D eigenvalue weighted by molar-refractivity contribution is 5.71. The minimum absolute atomic E-state index is 0.00730. The molecule has 1 amide bonds. The van der Waals surface area contributed by atoms with Gasteiger partial charge in [0.1, 0.15) is 6.10 Å². The number of methoxy groups -OCH3 is 2. The van der Waals surface area contributed by atoms with E-state index in [2.05, 4.69) is 48.3 Å². The first-order valence-corrected chi connectivity index (χ1v) is 13.0. The van der Waals surface area contributed by atoms with E-state index in [0.717, 1.165) is 74.4 Å². The molecule has 0 aromatic heterocycles. The zero-order valence-electron chi connectivity index (χ0n) is 21.4. The monoisotopic (exact) mass is 478 g/mol. The minimum atomic E-state index is -0.267. The van der Waals surface area contributed by atoms with Gasteiger partial charge in [-0.1, -0.05) is 38.1 Å². The Labute approximate surface area is 208 Å². The number of nitrogens with zero attached hydrogens (tertiary/aromatic N) is 1. The number of fused-ring (bicyclic) bond motifs is 4. The van der Waals surface area contributed by atoms with Crippen molar-refractivity contribution in [3.63, 3.8) is 0 Å². The van der Waals surface area contributed by atoms with Gasteiger partial charge in [0.2, 0.25) is 0 Å². The van der Waals surface area contributed by atoms with Gasteiger partial charge in [0.15, 0.2) is 11.5 Å². The lowest BCUT2D eigenvalue weighted by molar-refractivity contribution is -0.0353. The normalized spacial score (nSPS) is 26.2. The Balaban J connectivity index is 1.38. The third-order valence-corrected chi connectivity index (χ3v) is 8.85. The number of ether oxygens (including phenoxy) is 3. The third-order valence-electron chi connectivity index (χ3n) is 8.85. The van der Waals surface area contributed by atoms with Crippen molar-refractivity contribution in [2.75, 3.05) is 33.9 Å². The summed E-state index contributed by atoms with van der Waals surface area (Å²) in [6, 6.07) is 12.6. The fraction of sp³-hybridized carbons (Fsp3) is 0.552. The highest BCUT2D eigenvalue weighted by Gasteiger charge is 2.45. The summed E-state index contributed by atoms with van der Waals surface area (Å²) in [6.07, 6.45) is 4.96. The molecule has 0 spiro atoms. The topological polar surface area (TPSA) is 60.0 Å². The average Bonchev–Trinajstić information content (AvgIpc) is 3.21. The fourth-order valence-electron chi connectivity index (χ4n) is 6.52. The van der Waals surface area contributed by atoms with E-state index < -0.39 is 0 Å². The summed E-state index contributed by atoms with van der Waals surface area (Å²) in [5.74, 6) is 1.95. The Morgan fingerprint density at radius 3 is 2.31 bits per heavy atom. The van der Waals surface area contributed by atoms with Crippen LogP contribution in [0.5, 0.6) is 11.5 Å². The predicted molar refractivity (Wildman–Crippen MR) is 137 cm³/mol. The summed E-state index contributed by atoms with van der Waals surface area (Å²) in [6.45, 7) is 7.62. The summed E-state index contributed by atoms with van der Waals surface area (Å²) in [7, 11) is 3.31. The van der Waals surface area contributed by atoms with Crippen molar-refractivity contribution >= 4 is 6.09 Å². The van der Waals surface area contributed by atoms with Crippen molar-refractivity contribution in [1.82, 2.24) is 10.2 Å². The van der Waals surface area contributed by atoms with Crippen molar-refractivity contribution in [2.24, 2.45) is 11.3 Å². The van der Waals surface area contributed by atoms with Crippen LogP contribution >= 0.6 is 0 Å². The quantitative estimate of drug-likeness (QED) is 0.562. The van der Waals surface area contributed by atoms with Crippen molar-refractivity contribution in [3.8, 4) is 22.6 Å². The predicted octanol–water partition coefficient (Wildman–Crippen LogP) is 5.59. The first kappa shape index (κ1) is 24.0. The fourth-order valence-corrected chi connectivity index (χ4v) is 6.52. The SMILES string of the molecule is CCC1(CC)Cc2cc(-c3ccc(OC)c(OC)c3)ccc2C1NC(=O)O[C@@H]1CN2CCC1CC2. The highest BCUT2D eigenvalue weighted by Crippen LogP contribution is 2.51. The van der Waals surface area contributed by atoms with Gasteiger partial charge in [0, 0.05) is 6.54 Å². The molecule has 1 N–H and O–H groups in total. The molecule has 0 radical (unpaired) electrons. The lowest BCUT2D eigenvalue weighted by Crippen LogP contribution is -2.53. The van der Waals surface area contributed by atoms with E-state index in [4.69, 9.17) is 14.2 Å². The Morgan fingerprint density at radius 2 is 1.69 bits per heavy atom. The Bertz CT molecular complexity index is 1070. The number of hydrogen-bond acceptors (Lipinski definition) is 5. The van der Waals surface area contributed by atoms with Gasteiger partial charge in [-0.05, 0) is 90.9 Å². The van der Waals surface area contributed by atoms with Crippen LogP contribution in [0.1, 0.15) is 56.7 Å². The molecule has 6 rings (SSSR count). The van der Waals surface area contributed by atoms with Crippen LogP contribution in [0.3, 0.4) is 0 Å². The minimum Gasteiger partial charge on any atom is -0.493 e. The molecule has 2 atom stereocenters. The largest absolute Gasteiger partial charge is 0.493 e. The average molecular weight is 479 g/mol. The zero-order chi connectivity index (χ0) is 24.6. The summed E-state index contributed by atoms with van der Waals surface area (Å²) in [5, 5.41) is 3.31. The number of alkyl carbamates (subject to hydrolysis) is 1. The summed E-state index contributed by atoms with van der Waals surface area (Å²) >= 11 is 0. The van der Waals surface area contributed by atoms with Crippen LogP contribution in [0.2, 0.25) is 0 Å². The number of benzene rings is 2. The van der Waals surface area contributed by atoms with E-state index in [-0.39, 0.29) is 23.7 Å². The van der Waals surface area contributed by atoms with Crippen LogP contribution in [0.25, 0.3) is 11.1 Å². The number of nitrogens with one attached hydrogen (secondary N) is 1. The lowest BCUT2D eigenvalue weighted by atomic mass is 9.76. The van der Waals surface area contributed by atoms with Crippen LogP contribution in [-0.2, 0) is 11.2 Å². The van der Waals surface area contributed by atoms with Crippen molar-refractivity contribution in [3.05, 3.63) is 47.5 Å². The molecule has 6 nitrogen and oxygen atoms in total. The molecular formula is C29H38N2O4. The van der Waals surface area contributed by atoms with Crippen molar-refractivity contribution in [2.45, 2.75) is 58.1 Å². The first-order chi connectivity index (χ1) is 17.0. The molecule has 35 heavy (non-hydrogen) atoms. The van der Waals surface area contributed by atoms with Crippen LogP contribution in [0, 0.1) is 11.3 Å². The second kappa shape index (κ2) is 9.73. The molecule has 3 fully saturated rings. The maximum atomic E-state index is 13.1. The second-order valence-corrected chi connectivity index (χ2v) is 10.4. The maximum Gasteiger partial charge on any atom is 0.407 e. The van der Waals surface area contributed by atoms with E-state index in [1.165, 1.54) is 11.1 Å². The molecule has 1 aliphatic carbocycles. The van der Waals surface area contributed by atoms with Gasteiger partial charge in [-0.15, -0.1) is 0 Å². The molecule has 2 aromatic carbocycles. The van der Waals surface area contributed by atoms with Gasteiger partial charge in [-0.2, -0.15) is 0 Å². The number of hydrogen-bond donors (Lipinski definition) is 1. The van der Waals surface area contributed by atoms with Gasteiger partial charge in [-0.3, -0.25) is 4.90 Å². The summed E-state index contributed by atoms with van der Waals surface area (Å²) in [5.41, 5.74) is 4.73. The van der Waals surface area contributed by atoms with Gasteiger partial charge in [0.05, 0.1) is 20.3 Å². The molecule has 3 heterocycles. The molecule has 2 bridgehead atoms. The van der Waals surface area contributed by atoms with Gasteiger partial charge in [0.25, 0.3) is 0 Å². The van der Waals surface area contributed by atoms with E-state index in [1.807, 2.05) is 12.1 Å². The smallest absolute Gasteiger partial charge is 0.407 e. The van der Waals surface area contributed by atoms with Gasteiger partial charge >= 0.3 is 6.09 Å². The van der Waals surface area contributed by atoms with Crippen LogP contribution in [-0.4, -0.2) is 51.0 Å². The lowest BCUT2D eigenvalue weighted by Gasteiger charge is -2.44. The standard InChI is InChI=1S/C29H38N2O4/c1-5-29(6-2)17-22-15-20(21-8-10-24(33-3)25(16-21)34-4)7-9-23(22)27(29)30-28(32)35-26-18-31-13-11-19(26)12-14-31/h7-10,15-16,19,26-27H,5-6,11-14,17-18H2,1-4H3,(H,30,32)/t26-,27?/m1/s1. The molecule has 3 saturated heterocycles. The molecular weight excluding hydrogens is 440 g/mol. The maximum absolute atomic E-state index is 13.1. The van der Waals surface area contributed by atoms with E-state index in [1.54, 1.807) is 14.2 Å². The number of rotatable bonds is 7. The molecule has 1 unspecified atom stereocenters. The van der Waals surface area contributed by atoms with Crippen LogP contribution < -0.4 is 14.8 Å². The molecule has 4 aliphatic rings. The number of amides is 1. The second-order valence-electron chi connectivity index (χ2n) is 10.4. The summed E-state index contributed by atoms with van der Waals surface area (Å²) in [4.78, 5) is 15.5. The Morgan fingerprint density at radius 1 is 1.00 bits per heavy atom. The number of piperidine rings is 3. The highest BCUT2D eigenvalue weighted by atomic mass is 16.6. The molecule has 188 valence electrons. The van der Waals surface area contributed by atoms with Crippen molar-refractivity contribution < 1.29 is 19.0 Å². The Kier molecular flexibility index (Phi) is 6.67. The van der Waals surface area contributed by atoms with Crippen LogP contribution in [0.15, 0.2) is 36.4 Å². The molecule has 2 aromatic rings. The van der Waals surface area contributed by atoms with Crippen molar-refractivity contribution in [1.29, 1.82) is 0 Å². The first-order valence-electron chi connectivity index (χ1n) is 13.0. The molecule has 0 saturated carbocycles.